The summed E-state index contributed by atoms with van der Waals surface area (Å²) in [6, 6.07) is 8.09. The monoisotopic (exact) mass is 368 g/mol. The normalized spacial score (nSPS) is 22.9. The van der Waals surface area contributed by atoms with Crippen LogP contribution in [0.4, 0.5) is 0 Å². The minimum absolute atomic E-state index is 0.0915. The summed E-state index contributed by atoms with van der Waals surface area (Å²) in [7, 11) is 0. The number of esters is 1. The van der Waals surface area contributed by atoms with E-state index in [-0.39, 0.29) is 30.1 Å². The Morgan fingerprint density at radius 3 is 2.52 bits per heavy atom. The number of carbonyl (C=O) groups is 3. The van der Waals surface area contributed by atoms with E-state index in [1.54, 1.807) is 24.3 Å². The molecule has 1 aliphatic heterocycles. The van der Waals surface area contributed by atoms with Gasteiger partial charge in [-0.05, 0) is 37.0 Å². The van der Waals surface area contributed by atoms with Gasteiger partial charge in [-0.25, -0.2) is 0 Å². The van der Waals surface area contributed by atoms with Gasteiger partial charge in [0, 0.05) is 0 Å². The molecule has 1 aromatic rings. The summed E-state index contributed by atoms with van der Waals surface area (Å²) in [5, 5.41) is 9.19. The summed E-state index contributed by atoms with van der Waals surface area (Å²) < 4.78 is 5.20. The lowest BCUT2D eigenvalue weighted by Gasteiger charge is -2.26. The number of nitrogens with zero attached hydrogens (tertiary/aromatic N) is 2. The van der Waals surface area contributed by atoms with Crippen LogP contribution in [0.25, 0.3) is 0 Å². The van der Waals surface area contributed by atoms with Gasteiger partial charge in [0.2, 0.25) is 11.8 Å². The van der Waals surface area contributed by atoms with Crippen molar-refractivity contribution in [2.24, 2.45) is 11.8 Å². The highest BCUT2D eigenvalue weighted by Gasteiger charge is 2.51. The van der Waals surface area contributed by atoms with Crippen LogP contribution in [0.15, 0.2) is 24.3 Å². The zero-order valence-corrected chi connectivity index (χ0v) is 15.5. The van der Waals surface area contributed by atoms with Gasteiger partial charge in [0.25, 0.3) is 0 Å². The molecular weight excluding hydrogens is 344 g/mol. The van der Waals surface area contributed by atoms with Gasteiger partial charge < -0.3 is 4.74 Å². The summed E-state index contributed by atoms with van der Waals surface area (Å²) in [5.74, 6) is -1.39. The maximum Gasteiger partial charge on any atom is 0.308 e. The molecule has 0 N–H and O–H groups in total. The average molecular weight is 368 g/mol. The van der Waals surface area contributed by atoms with Crippen LogP contribution < -0.4 is 0 Å². The largest absolute Gasteiger partial charge is 0.466 e. The van der Waals surface area contributed by atoms with E-state index in [0.29, 0.717) is 24.2 Å². The second kappa shape index (κ2) is 8.34. The van der Waals surface area contributed by atoms with Crippen molar-refractivity contribution in [3.05, 3.63) is 35.4 Å². The zero-order valence-electron chi connectivity index (χ0n) is 15.5. The minimum atomic E-state index is -0.728. The maximum atomic E-state index is 13.0. The standard InChI is InChI=1S/C21H24N2O4/c1-2-10-27-19(24)12-18(15-7-5-6-14(11-15)13-22)23-20(25)16-8-3-4-9-17(16)21(23)26/h5-7,11,16-18H,2-4,8-10,12H2,1H3/t16-,17+,18?. The molecule has 3 atom stereocenters. The molecule has 1 heterocycles. The van der Waals surface area contributed by atoms with Gasteiger partial charge >= 0.3 is 5.97 Å². The van der Waals surface area contributed by atoms with Crippen molar-refractivity contribution in [1.82, 2.24) is 4.90 Å². The average Bonchev–Trinajstić information content (AvgIpc) is 2.95. The number of carbonyl (C=O) groups excluding carboxylic acids is 3. The molecule has 142 valence electrons. The maximum absolute atomic E-state index is 13.0. The second-order valence-electron chi connectivity index (χ2n) is 7.22. The fraction of sp³-hybridized carbons (Fsp3) is 0.524. The van der Waals surface area contributed by atoms with Gasteiger partial charge in [-0.2, -0.15) is 5.26 Å². The number of hydrogen-bond acceptors (Lipinski definition) is 5. The van der Waals surface area contributed by atoms with Crippen molar-refractivity contribution < 1.29 is 19.1 Å². The quantitative estimate of drug-likeness (QED) is 0.569. The summed E-state index contributed by atoms with van der Waals surface area (Å²) in [6.45, 7) is 2.20. The second-order valence-corrected chi connectivity index (χ2v) is 7.22. The Balaban J connectivity index is 1.93. The van der Waals surface area contributed by atoms with E-state index in [1.165, 1.54) is 4.90 Å². The topological polar surface area (TPSA) is 87.5 Å². The van der Waals surface area contributed by atoms with E-state index >= 15 is 0 Å². The van der Waals surface area contributed by atoms with Crippen LogP contribution in [0.1, 0.15) is 62.6 Å². The molecule has 1 saturated carbocycles. The van der Waals surface area contributed by atoms with Gasteiger partial charge in [0.15, 0.2) is 0 Å². The Bertz CT molecular complexity index is 759. The molecule has 2 fully saturated rings. The lowest BCUT2D eigenvalue weighted by atomic mass is 9.81. The van der Waals surface area contributed by atoms with E-state index in [4.69, 9.17) is 4.74 Å². The first-order valence-corrected chi connectivity index (χ1v) is 9.59. The Morgan fingerprint density at radius 1 is 1.26 bits per heavy atom. The first kappa shape index (κ1) is 19.1. The van der Waals surface area contributed by atoms with Crippen LogP contribution >= 0.6 is 0 Å². The number of amides is 2. The SMILES string of the molecule is CCCOC(=O)CC(c1cccc(C#N)c1)N1C(=O)[C@H]2CCCC[C@H]2C1=O. The van der Waals surface area contributed by atoms with Crippen LogP contribution in [0.3, 0.4) is 0 Å². The van der Waals surface area contributed by atoms with Crippen molar-refractivity contribution in [1.29, 1.82) is 5.26 Å². The first-order valence-electron chi connectivity index (χ1n) is 9.59. The third-order valence-corrected chi connectivity index (χ3v) is 5.41. The van der Waals surface area contributed by atoms with Crippen LogP contribution in [0, 0.1) is 23.2 Å². The molecule has 27 heavy (non-hydrogen) atoms. The van der Waals surface area contributed by atoms with E-state index in [2.05, 4.69) is 6.07 Å². The van der Waals surface area contributed by atoms with Gasteiger partial charge in [-0.1, -0.05) is 31.9 Å². The third kappa shape index (κ3) is 3.87. The fourth-order valence-corrected chi connectivity index (χ4v) is 4.10. The van der Waals surface area contributed by atoms with E-state index in [0.717, 1.165) is 25.7 Å². The molecule has 6 nitrogen and oxygen atoms in total. The zero-order chi connectivity index (χ0) is 19.4. The number of imide groups is 1. The highest BCUT2D eigenvalue weighted by molar-refractivity contribution is 6.05. The van der Waals surface area contributed by atoms with E-state index in [9.17, 15) is 19.6 Å². The molecule has 6 heteroatoms. The Labute approximate surface area is 159 Å². The molecule has 2 aliphatic rings. The van der Waals surface area contributed by atoms with Crippen LogP contribution in [-0.4, -0.2) is 29.3 Å². The third-order valence-electron chi connectivity index (χ3n) is 5.41. The van der Waals surface area contributed by atoms with Crippen LogP contribution in [0.2, 0.25) is 0 Å². The molecule has 1 saturated heterocycles. The van der Waals surface area contributed by atoms with Crippen molar-refractivity contribution in [2.45, 2.75) is 51.5 Å². The molecular formula is C21H24N2O4. The number of benzene rings is 1. The molecule has 0 radical (unpaired) electrons. The predicted octanol–water partition coefficient (Wildman–Crippen LogP) is 3.12. The van der Waals surface area contributed by atoms with Gasteiger partial charge in [-0.3, -0.25) is 19.3 Å². The van der Waals surface area contributed by atoms with Crippen molar-refractivity contribution >= 4 is 17.8 Å². The molecule has 1 aliphatic carbocycles. The molecule has 1 unspecified atom stereocenters. The van der Waals surface area contributed by atoms with Crippen molar-refractivity contribution in [3.63, 3.8) is 0 Å². The van der Waals surface area contributed by atoms with E-state index in [1.807, 2.05) is 6.92 Å². The minimum Gasteiger partial charge on any atom is -0.466 e. The predicted molar refractivity (Wildman–Crippen MR) is 97.1 cm³/mol. The van der Waals surface area contributed by atoms with E-state index < -0.39 is 12.0 Å². The number of ether oxygens (including phenoxy) is 1. The highest BCUT2D eigenvalue weighted by atomic mass is 16.5. The highest BCUT2D eigenvalue weighted by Crippen LogP contribution is 2.42. The first-order chi connectivity index (χ1) is 13.1. The Kier molecular flexibility index (Phi) is 5.90. The molecule has 2 amide bonds. The number of rotatable bonds is 6. The fourth-order valence-electron chi connectivity index (χ4n) is 4.10. The number of likely N-dealkylation sites (tertiary alicyclic amines) is 1. The lowest BCUT2D eigenvalue weighted by Crippen LogP contribution is -2.36. The molecule has 0 spiro atoms. The molecule has 1 aromatic carbocycles. The van der Waals surface area contributed by atoms with Crippen LogP contribution in [0.5, 0.6) is 0 Å². The van der Waals surface area contributed by atoms with Crippen LogP contribution in [-0.2, 0) is 19.1 Å². The molecule has 0 bridgehead atoms. The summed E-state index contributed by atoms with van der Waals surface area (Å²) >= 11 is 0. The number of nitriles is 1. The van der Waals surface area contributed by atoms with Gasteiger partial charge in [-0.15, -0.1) is 0 Å². The number of hydrogen-bond donors (Lipinski definition) is 0. The summed E-state index contributed by atoms with van der Waals surface area (Å²) in [4.78, 5) is 39.6. The van der Waals surface area contributed by atoms with Gasteiger partial charge in [0.05, 0.1) is 42.5 Å². The summed E-state index contributed by atoms with van der Waals surface area (Å²) in [6.07, 6.45) is 3.94. The van der Waals surface area contributed by atoms with Crippen molar-refractivity contribution in [3.8, 4) is 6.07 Å². The Hall–Kier alpha value is -2.68. The lowest BCUT2D eigenvalue weighted by molar-refractivity contribution is -0.148. The molecule has 0 aromatic heterocycles. The smallest absolute Gasteiger partial charge is 0.308 e. The number of fused-ring (bicyclic) bond motifs is 1. The molecule has 3 rings (SSSR count). The summed E-state index contributed by atoms with van der Waals surface area (Å²) in [5.41, 5.74) is 1.04. The van der Waals surface area contributed by atoms with Gasteiger partial charge in [0.1, 0.15) is 0 Å². The Morgan fingerprint density at radius 2 is 1.93 bits per heavy atom. The van der Waals surface area contributed by atoms with Crippen molar-refractivity contribution in [2.75, 3.05) is 6.61 Å².